The molecule has 4 atom stereocenters. The second kappa shape index (κ2) is 11.2. The predicted molar refractivity (Wildman–Crippen MR) is 150 cm³/mol. The van der Waals surface area contributed by atoms with Crippen LogP contribution in [0.5, 0.6) is 0 Å². The lowest BCUT2D eigenvalue weighted by Crippen LogP contribution is -2.39. The van der Waals surface area contributed by atoms with Gasteiger partial charge in [0.1, 0.15) is 5.82 Å². The molecule has 4 heterocycles. The average Bonchev–Trinajstić information content (AvgIpc) is 2.91. The highest BCUT2D eigenvalue weighted by Gasteiger charge is 2.28. The Morgan fingerprint density at radius 2 is 1.81 bits per heavy atom. The third-order valence-corrected chi connectivity index (χ3v) is 8.29. The second-order valence-electron chi connectivity index (χ2n) is 11.9. The van der Waals surface area contributed by atoms with Crippen LogP contribution in [0.25, 0.3) is 22.3 Å². The van der Waals surface area contributed by atoms with Gasteiger partial charge in [-0.2, -0.15) is 0 Å². The quantitative estimate of drug-likeness (QED) is 0.434. The van der Waals surface area contributed by atoms with Gasteiger partial charge in [0.15, 0.2) is 0 Å². The van der Waals surface area contributed by atoms with Crippen LogP contribution in [-0.4, -0.2) is 33.9 Å². The predicted octanol–water partition coefficient (Wildman–Crippen LogP) is 6.25. The Labute approximate surface area is 221 Å². The molecule has 1 saturated carbocycles. The van der Waals surface area contributed by atoms with Crippen molar-refractivity contribution in [1.29, 1.82) is 0 Å². The molecule has 0 radical (unpaired) electrons. The van der Waals surface area contributed by atoms with E-state index in [1.165, 1.54) is 12.8 Å². The van der Waals surface area contributed by atoms with Crippen LogP contribution in [0.15, 0.2) is 42.6 Å². The molecule has 37 heavy (non-hydrogen) atoms. The normalized spacial score (nSPS) is 24.4. The Balaban J connectivity index is 1.29. The minimum atomic E-state index is 0.121. The number of nitrogens with zero attached hydrogens (tertiary/aromatic N) is 4. The van der Waals surface area contributed by atoms with E-state index in [1.54, 1.807) is 0 Å². The highest BCUT2D eigenvalue weighted by atomic mass is 16.1. The van der Waals surface area contributed by atoms with Gasteiger partial charge in [-0.25, -0.2) is 9.97 Å². The van der Waals surface area contributed by atoms with Gasteiger partial charge < -0.3 is 10.2 Å². The first-order valence-corrected chi connectivity index (χ1v) is 14.1. The fourth-order valence-electron chi connectivity index (χ4n) is 6.28. The number of hydrogen-bond donors (Lipinski definition) is 1. The number of anilines is 1. The van der Waals surface area contributed by atoms with Crippen LogP contribution < -0.4 is 10.2 Å². The summed E-state index contributed by atoms with van der Waals surface area (Å²) >= 11 is 0. The molecule has 1 amide bonds. The zero-order valence-electron chi connectivity index (χ0n) is 22.8. The van der Waals surface area contributed by atoms with Crippen LogP contribution in [-0.2, 0) is 11.3 Å². The molecule has 1 saturated heterocycles. The maximum Gasteiger partial charge on any atom is 0.223 e. The van der Waals surface area contributed by atoms with Crippen LogP contribution in [0.4, 0.5) is 5.82 Å². The lowest BCUT2D eigenvalue weighted by atomic mass is 9.76. The molecular weight excluding hydrogens is 458 g/mol. The Hall–Kier alpha value is -3.02. The van der Waals surface area contributed by atoms with Crippen LogP contribution in [0.1, 0.15) is 65.5 Å². The molecule has 6 heteroatoms. The van der Waals surface area contributed by atoms with E-state index in [4.69, 9.17) is 9.97 Å². The minimum absolute atomic E-state index is 0.121. The van der Waals surface area contributed by atoms with Crippen LogP contribution in [0.2, 0.25) is 0 Å². The number of fused-ring (bicyclic) bond motifs is 1. The molecule has 3 aromatic heterocycles. The van der Waals surface area contributed by atoms with Gasteiger partial charge in [-0.1, -0.05) is 46.6 Å². The zero-order chi connectivity index (χ0) is 25.9. The van der Waals surface area contributed by atoms with E-state index in [-0.39, 0.29) is 11.8 Å². The van der Waals surface area contributed by atoms with Crippen molar-refractivity contribution in [3.8, 4) is 11.4 Å². The molecule has 0 spiro atoms. The van der Waals surface area contributed by atoms with E-state index in [0.29, 0.717) is 30.2 Å². The maximum atomic E-state index is 12.9. The van der Waals surface area contributed by atoms with Gasteiger partial charge in [-0.05, 0) is 73.3 Å². The van der Waals surface area contributed by atoms with Crippen LogP contribution in [0, 0.1) is 29.6 Å². The summed E-state index contributed by atoms with van der Waals surface area (Å²) in [5, 5.41) is 4.13. The first kappa shape index (κ1) is 25.6. The molecule has 4 unspecified atom stereocenters. The number of nitrogens with one attached hydrogen (secondary N) is 1. The molecule has 1 aliphatic carbocycles. The summed E-state index contributed by atoms with van der Waals surface area (Å²) in [4.78, 5) is 29.8. The first-order chi connectivity index (χ1) is 17.9. The molecule has 2 aliphatic rings. The summed E-state index contributed by atoms with van der Waals surface area (Å²) in [5.41, 5.74) is 3.45. The maximum absolute atomic E-state index is 12.9. The molecular formula is C31H41N5O. The number of rotatable bonds is 6. The van der Waals surface area contributed by atoms with Gasteiger partial charge in [-0.3, -0.25) is 9.78 Å². The average molecular weight is 500 g/mol. The van der Waals surface area contributed by atoms with Crippen molar-refractivity contribution in [2.45, 2.75) is 66.3 Å². The molecule has 2 fully saturated rings. The Bertz CT molecular complexity index is 1230. The number of carbonyl (C=O) groups excluding carboxylic acids is 1. The number of carbonyl (C=O) groups is 1. The molecule has 196 valence electrons. The van der Waals surface area contributed by atoms with E-state index < -0.39 is 0 Å². The molecule has 5 rings (SSSR count). The SMILES string of the molecule is CC1CC(C)CN(c2cccc(-c3ccc4cnc(CNC(=O)C5CCCC(C(C)C)C5)cc4n3)n2)C1. The van der Waals surface area contributed by atoms with Crippen molar-refractivity contribution >= 4 is 22.6 Å². The number of pyridine rings is 3. The zero-order valence-corrected chi connectivity index (χ0v) is 22.8. The lowest BCUT2D eigenvalue weighted by Gasteiger charge is -2.35. The molecule has 1 aliphatic heterocycles. The lowest BCUT2D eigenvalue weighted by molar-refractivity contribution is -0.126. The van der Waals surface area contributed by atoms with Crippen LogP contribution in [0.3, 0.4) is 0 Å². The van der Waals surface area contributed by atoms with Gasteiger partial charge in [0.05, 0.1) is 29.1 Å². The highest BCUT2D eigenvalue weighted by Crippen LogP contribution is 2.34. The molecule has 1 N–H and O–H groups in total. The van der Waals surface area contributed by atoms with E-state index in [1.807, 2.05) is 24.4 Å². The summed E-state index contributed by atoms with van der Waals surface area (Å²) in [6, 6.07) is 12.3. The summed E-state index contributed by atoms with van der Waals surface area (Å²) in [5.74, 6) is 3.95. The van der Waals surface area contributed by atoms with Crippen molar-refractivity contribution in [2.24, 2.45) is 29.6 Å². The molecule has 6 nitrogen and oxygen atoms in total. The van der Waals surface area contributed by atoms with E-state index in [2.05, 4.69) is 61.1 Å². The third kappa shape index (κ3) is 6.11. The molecule has 3 aromatic rings. The molecule has 0 bridgehead atoms. The minimum Gasteiger partial charge on any atom is -0.356 e. The van der Waals surface area contributed by atoms with Gasteiger partial charge in [-0.15, -0.1) is 0 Å². The van der Waals surface area contributed by atoms with Gasteiger partial charge in [0.25, 0.3) is 0 Å². The number of hydrogen-bond acceptors (Lipinski definition) is 5. The summed E-state index contributed by atoms with van der Waals surface area (Å²) in [6.07, 6.45) is 7.51. The van der Waals surface area contributed by atoms with Gasteiger partial charge in [0.2, 0.25) is 5.91 Å². The number of aromatic nitrogens is 3. The van der Waals surface area contributed by atoms with Crippen molar-refractivity contribution in [1.82, 2.24) is 20.3 Å². The fourth-order valence-corrected chi connectivity index (χ4v) is 6.28. The third-order valence-electron chi connectivity index (χ3n) is 8.29. The van der Waals surface area contributed by atoms with E-state index in [9.17, 15) is 4.79 Å². The Morgan fingerprint density at radius 1 is 1.03 bits per heavy atom. The Morgan fingerprint density at radius 3 is 2.59 bits per heavy atom. The van der Waals surface area contributed by atoms with E-state index in [0.717, 1.165) is 66.2 Å². The summed E-state index contributed by atoms with van der Waals surface area (Å²) < 4.78 is 0. The van der Waals surface area contributed by atoms with Crippen molar-refractivity contribution < 1.29 is 4.79 Å². The van der Waals surface area contributed by atoms with Crippen molar-refractivity contribution in [3.05, 3.63) is 48.3 Å². The molecule has 0 aromatic carbocycles. The second-order valence-corrected chi connectivity index (χ2v) is 11.9. The summed E-state index contributed by atoms with van der Waals surface area (Å²) in [7, 11) is 0. The largest absolute Gasteiger partial charge is 0.356 e. The number of piperidine rings is 1. The fraction of sp³-hybridized carbons (Fsp3) is 0.548. The first-order valence-electron chi connectivity index (χ1n) is 14.1. The van der Waals surface area contributed by atoms with Crippen LogP contribution >= 0.6 is 0 Å². The van der Waals surface area contributed by atoms with Gasteiger partial charge >= 0.3 is 0 Å². The monoisotopic (exact) mass is 499 g/mol. The standard InChI is InChI=1S/C31H41N5O/c1-20(2)23-7-5-8-24(14-23)31(37)33-17-26-15-29-25(16-32-26)11-12-28(34-29)27-9-6-10-30(35-27)36-18-21(3)13-22(4)19-36/h6,9-12,15-16,20-24H,5,7-8,13-14,17-19H2,1-4H3,(H,33,37). The van der Waals surface area contributed by atoms with Crippen molar-refractivity contribution in [3.63, 3.8) is 0 Å². The smallest absolute Gasteiger partial charge is 0.223 e. The Kier molecular flexibility index (Phi) is 7.73. The van der Waals surface area contributed by atoms with Crippen molar-refractivity contribution in [2.75, 3.05) is 18.0 Å². The highest BCUT2D eigenvalue weighted by molar-refractivity contribution is 5.81. The van der Waals surface area contributed by atoms with Gasteiger partial charge in [0, 0.05) is 30.6 Å². The number of amides is 1. The van der Waals surface area contributed by atoms with E-state index >= 15 is 0 Å². The summed E-state index contributed by atoms with van der Waals surface area (Å²) in [6.45, 7) is 11.7. The topological polar surface area (TPSA) is 71.0 Å².